The molecule has 0 spiro atoms. The molecule has 2 amide bonds. The van der Waals surface area contributed by atoms with Crippen LogP contribution in [0.2, 0.25) is 0 Å². The van der Waals surface area contributed by atoms with Crippen molar-refractivity contribution in [2.24, 2.45) is 17.1 Å². The maximum Gasteiger partial charge on any atom is 0.295 e. The second-order valence-corrected chi connectivity index (χ2v) is 6.18. The quantitative estimate of drug-likeness (QED) is 0.846. The molecular weight excluding hydrogens is 312 g/mol. The molecule has 7 heteroatoms. The number of carbonyl (C=O) groups excluding carboxylic acids is 2. The minimum Gasteiger partial charge on any atom is -0.327 e. The summed E-state index contributed by atoms with van der Waals surface area (Å²) in [4.78, 5) is 29.1. The van der Waals surface area contributed by atoms with Crippen molar-refractivity contribution in [1.82, 2.24) is 4.57 Å². The van der Waals surface area contributed by atoms with E-state index in [2.05, 4.69) is 10.1 Å². The zero-order valence-electron chi connectivity index (χ0n) is 12.9. The number of hydrazone groups is 1. The number of nitrogens with zero attached hydrogens (tertiary/aromatic N) is 4. The third kappa shape index (κ3) is 3.29. The van der Waals surface area contributed by atoms with E-state index in [4.69, 9.17) is 0 Å². The average Bonchev–Trinajstić information content (AvgIpc) is 2.93. The van der Waals surface area contributed by atoms with Crippen molar-refractivity contribution in [2.75, 3.05) is 5.01 Å². The Kier molecular flexibility index (Phi) is 4.20. The molecule has 0 aliphatic carbocycles. The summed E-state index contributed by atoms with van der Waals surface area (Å²) in [7, 11) is 1.83. The van der Waals surface area contributed by atoms with Crippen molar-refractivity contribution in [3.63, 3.8) is 0 Å². The normalized spacial score (nSPS) is 15.7. The van der Waals surface area contributed by atoms with E-state index in [1.807, 2.05) is 43.7 Å². The van der Waals surface area contributed by atoms with Gasteiger partial charge < -0.3 is 4.57 Å². The predicted octanol–water partition coefficient (Wildman–Crippen LogP) is 2.01. The van der Waals surface area contributed by atoms with E-state index in [1.165, 1.54) is 16.3 Å². The van der Waals surface area contributed by atoms with Crippen LogP contribution in [0.25, 0.3) is 0 Å². The first kappa shape index (κ1) is 15.4. The molecule has 2 aromatic rings. The Hall–Kier alpha value is -2.54. The zero-order chi connectivity index (χ0) is 16.4. The van der Waals surface area contributed by atoms with E-state index in [0.29, 0.717) is 22.6 Å². The molecule has 1 aliphatic heterocycles. The summed E-state index contributed by atoms with van der Waals surface area (Å²) in [5.74, 6) is -0.512. The van der Waals surface area contributed by atoms with Gasteiger partial charge in [-0.3, -0.25) is 9.59 Å². The molecule has 118 valence electrons. The summed E-state index contributed by atoms with van der Waals surface area (Å²) in [5, 5.41) is 7.39. The molecule has 1 aromatic heterocycles. The second kappa shape index (κ2) is 6.29. The van der Waals surface area contributed by atoms with Gasteiger partial charge in [0, 0.05) is 31.5 Å². The fourth-order valence-electron chi connectivity index (χ4n) is 2.25. The molecule has 0 bridgehead atoms. The Balaban J connectivity index is 1.94. The second-order valence-electron chi connectivity index (χ2n) is 5.30. The fourth-order valence-corrected chi connectivity index (χ4v) is 2.98. The third-order valence-corrected chi connectivity index (χ3v) is 4.33. The monoisotopic (exact) mass is 328 g/mol. The SMILES string of the molecule is Cc1cccc(N2N=C(C(=O)N=c3sccn3C)CCC2=O)c1. The van der Waals surface area contributed by atoms with E-state index < -0.39 is 5.91 Å². The molecule has 2 heterocycles. The molecule has 23 heavy (non-hydrogen) atoms. The van der Waals surface area contributed by atoms with Gasteiger partial charge in [0.2, 0.25) is 5.91 Å². The van der Waals surface area contributed by atoms with Gasteiger partial charge in [0.25, 0.3) is 5.91 Å². The summed E-state index contributed by atoms with van der Waals surface area (Å²) in [6, 6.07) is 7.48. The molecule has 0 N–H and O–H groups in total. The number of thiazole rings is 1. The molecule has 0 radical (unpaired) electrons. The van der Waals surface area contributed by atoms with Crippen LogP contribution in [0.4, 0.5) is 5.69 Å². The lowest BCUT2D eigenvalue weighted by molar-refractivity contribution is -0.118. The predicted molar refractivity (Wildman–Crippen MR) is 89.2 cm³/mol. The Morgan fingerprint density at radius 3 is 2.87 bits per heavy atom. The highest BCUT2D eigenvalue weighted by atomic mass is 32.1. The molecule has 0 saturated carbocycles. The van der Waals surface area contributed by atoms with Gasteiger partial charge in [0.1, 0.15) is 5.71 Å². The van der Waals surface area contributed by atoms with Crippen molar-refractivity contribution in [2.45, 2.75) is 19.8 Å². The molecule has 0 saturated heterocycles. The van der Waals surface area contributed by atoms with Crippen LogP contribution < -0.4 is 9.81 Å². The number of carbonyl (C=O) groups is 2. The summed E-state index contributed by atoms with van der Waals surface area (Å²) in [5.41, 5.74) is 2.00. The van der Waals surface area contributed by atoms with Crippen LogP contribution in [0.15, 0.2) is 45.9 Å². The number of aryl methyl sites for hydroxylation is 2. The Labute approximate surface area is 137 Å². The van der Waals surface area contributed by atoms with Crippen molar-refractivity contribution in [3.8, 4) is 0 Å². The van der Waals surface area contributed by atoms with Crippen LogP contribution in [0.1, 0.15) is 18.4 Å². The maximum absolute atomic E-state index is 12.3. The lowest BCUT2D eigenvalue weighted by Gasteiger charge is -2.22. The summed E-state index contributed by atoms with van der Waals surface area (Å²) in [6.07, 6.45) is 2.41. The first-order valence-corrected chi connectivity index (χ1v) is 8.09. The molecule has 6 nitrogen and oxygen atoms in total. The highest BCUT2D eigenvalue weighted by molar-refractivity contribution is 7.07. The molecular formula is C16H16N4O2S. The maximum atomic E-state index is 12.3. The zero-order valence-corrected chi connectivity index (χ0v) is 13.7. The summed E-state index contributed by atoms with van der Waals surface area (Å²) in [6.45, 7) is 1.94. The van der Waals surface area contributed by atoms with Crippen LogP contribution in [-0.4, -0.2) is 22.1 Å². The fraction of sp³-hybridized carbons (Fsp3) is 0.250. The molecule has 0 fully saturated rings. The van der Waals surface area contributed by atoms with E-state index in [0.717, 1.165) is 5.56 Å². The number of hydrogen-bond acceptors (Lipinski definition) is 4. The standard InChI is InChI=1S/C16H16N4O2S/c1-11-4-3-5-12(10-11)20-14(21)7-6-13(18-20)15(22)17-16-19(2)8-9-23-16/h3-5,8-10H,6-7H2,1-2H3. The van der Waals surface area contributed by atoms with Gasteiger partial charge in [-0.15, -0.1) is 11.3 Å². The molecule has 0 unspecified atom stereocenters. The summed E-state index contributed by atoms with van der Waals surface area (Å²) < 4.78 is 1.77. The van der Waals surface area contributed by atoms with Gasteiger partial charge in [-0.05, 0) is 24.6 Å². The Morgan fingerprint density at radius 1 is 1.35 bits per heavy atom. The smallest absolute Gasteiger partial charge is 0.295 e. The summed E-state index contributed by atoms with van der Waals surface area (Å²) >= 11 is 1.38. The van der Waals surface area contributed by atoms with Crippen LogP contribution in [-0.2, 0) is 16.6 Å². The number of amides is 2. The number of benzene rings is 1. The lowest BCUT2D eigenvalue weighted by Crippen LogP contribution is -2.34. The number of aromatic nitrogens is 1. The highest BCUT2D eigenvalue weighted by Gasteiger charge is 2.25. The topological polar surface area (TPSA) is 67.0 Å². The minimum absolute atomic E-state index is 0.117. The van der Waals surface area contributed by atoms with Crippen molar-refractivity contribution in [3.05, 3.63) is 46.2 Å². The van der Waals surface area contributed by atoms with Gasteiger partial charge in [0.15, 0.2) is 4.80 Å². The highest BCUT2D eigenvalue weighted by Crippen LogP contribution is 2.21. The van der Waals surface area contributed by atoms with Crippen molar-refractivity contribution < 1.29 is 9.59 Å². The average molecular weight is 328 g/mol. The number of rotatable bonds is 2. The van der Waals surface area contributed by atoms with Gasteiger partial charge in [-0.25, -0.2) is 5.01 Å². The van der Waals surface area contributed by atoms with Crippen molar-refractivity contribution in [1.29, 1.82) is 0 Å². The Bertz CT molecular complexity index is 863. The van der Waals surface area contributed by atoms with E-state index in [1.54, 1.807) is 10.6 Å². The van der Waals surface area contributed by atoms with Gasteiger partial charge in [0.05, 0.1) is 5.69 Å². The van der Waals surface area contributed by atoms with Gasteiger partial charge in [-0.1, -0.05) is 12.1 Å². The van der Waals surface area contributed by atoms with Gasteiger partial charge in [-0.2, -0.15) is 10.1 Å². The van der Waals surface area contributed by atoms with E-state index >= 15 is 0 Å². The molecule has 3 rings (SSSR count). The van der Waals surface area contributed by atoms with Crippen LogP contribution in [0.3, 0.4) is 0 Å². The van der Waals surface area contributed by atoms with Crippen LogP contribution in [0.5, 0.6) is 0 Å². The minimum atomic E-state index is -0.395. The first-order chi connectivity index (χ1) is 11.0. The van der Waals surface area contributed by atoms with Crippen molar-refractivity contribution >= 4 is 34.6 Å². The van der Waals surface area contributed by atoms with E-state index in [9.17, 15) is 9.59 Å². The van der Waals surface area contributed by atoms with E-state index in [-0.39, 0.29) is 12.3 Å². The molecule has 0 atom stereocenters. The number of hydrogen-bond donors (Lipinski definition) is 0. The molecule has 1 aromatic carbocycles. The molecule has 1 aliphatic rings. The largest absolute Gasteiger partial charge is 0.327 e. The van der Waals surface area contributed by atoms with Gasteiger partial charge >= 0.3 is 0 Å². The lowest BCUT2D eigenvalue weighted by atomic mass is 10.1. The Morgan fingerprint density at radius 2 is 2.17 bits per heavy atom. The first-order valence-electron chi connectivity index (χ1n) is 7.21. The van der Waals surface area contributed by atoms with Crippen LogP contribution in [0, 0.1) is 6.92 Å². The third-order valence-electron chi connectivity index (χ3n) is 3.48. The number of anilines is 1. The van der Waals surface area contributed by atoms with Crippen LogP contribution >= 0.6 is 11.3 Å².